The third-order valence-corrected chi connectivity index (χ3v) is 4.24. The predicted molar refractivity (Wildman–Crippen MR) is 77.5 cm³/mol. The van der Waals surface area contributed by atoms with Crippen molar-refractivity contribution in [1.82, 2.24) is 9.97 Å². The zero-order valence-corrected chi connectivity index (χ0v) is 12.0. The second-order valence-electron chi connectivity index (χ2n) is 5.22. The van der Waals surface area contributed by atoms with Gasteiger partial charge in [0.25, 0.3) is 0 Å². The summed E-state index contributed by atoms with van der Waals surface area (Å²) in [7, 11) is 0. The Kier molecular flexibility index (Phi) is 2.82. The van der Waals surface area contributed by atoms with Crippen molar-refractivity contribution in [3.05, 3.63) is 42.9 Å². The molecule has 6 nitrogen and oxygen atoms in total. The second-order valence-corrected chi connectivity index (χ2v) is 6.13. The number of primary amides is 1. The van der Waals surface area contributed by atoms with Crippen LogP contribution in [-0.4, -0.2) is 15.9 Å². The zero-order valence-electron chi connectivity index (χ0n) is 10.5. The van der Waals surface area contributed by atoms with Gasteiger partial charge in [-0.1, -0.05) is 15.9 Å². The van der Waals surface area contributed by atoms with Gasteiger partial charge in [0.05, 0.1) is 16.4 Å². The Labute approximate surface area is 121 Å². The third kappa shape index (κ3) is 2.07. The summed E-state index contributed by atoms with van der Waals surface area (Å²) >= 11 is 3.36. The molecule has 7 heteroatoms. The maximum atomic E-state index is 11.5. The first-order chi connectivity index (χ1) is 9.41. The van der Waals surface area contributed by atoms with E-state index in [2.05, 4.69) is 25.9 Å². The fourth-order valence-electron chi connectivity index (χ4n) is 2.42. The first kappa shape index (κ1) is 13.1. The first-order valence-electron chi connectivity index (χ1n) is 6.16. The van der Waals surface area contributed by atoms with Crippen LogP contribution in [0.25, 0.3) is 11.0 Å². The van der Waals surface area contributed by atoms with Crippen LogP contribution in [0.2, 0.25) is 0 Å². The standard InChI is InChI=1S/C13H12BrN3O3/c14-7-3-6(5-13(1-2-13)12(15)20)9-8(4-7)16-10(18)11(19)17-9/h3-4H,1-2,5H2,(H2,15,20)(H,16,18)(H,17,19). The Hall–Kier alpha value is -1.89. The number of hydrogen-bond acceptors (Lipinski definition) is 3. The van der Waals surface area contributed by atoms with E-state index in [0.29, 0.717) is 17.5 Å². The molecule has 0 unspecified atom stereocenters. The number of fused-ring (bicyclic) bond motifs is 1. The number of hydrogen-bond donors (Lipinski definition) is 3. The van der Waals surface area contributed by atoms with Crippen LogP contribution in [0, 0.1) is 5.41 Å². The van der Waals surface area contributed by atoms with Gasteiger partial charge in [-0.05, 0) is 37.0 Å². The molecule has 1 heterocycles. The Morgan fingerprint density at radius 2 is 1.90 bits per heavy atom. The van der Waals surface area contributed by atoms with Crippen molar-refractivity contribution in [2.24, 2.45) is 11.1 Å². The van der Waals surface area contributed by atoms with Gasteiger partial charge in [-0.2, -0.15) is 0 Å². The van der Waals surface area contributed by atoms with Crippen LogP contribution in [0.3, 0.4) is 0 Å². The maximum Gasteiger partial charge on any atom is 0.314 e. The number of aromatic amines is 2. The van der Waals surface area contributed by atoms with Gasteiger partial charge in [-0.15, -0.1) is 0 Å². The zero-order chi connectivity index (χ0) is 14.5. The summed E-state index contributed by atoms with van der Waals surface area (Å²) in [5.74, 6) is -0.322. The van der Waals surface area contributed by atoms with Gasteiger partial charge >= 0.3 is 11.1 Å². The molecule has 4 N–H and O–H groups in total. The van der Waals surface area contributed by atoms with Crippen LogP contribution in [-0.2, 0) is 11.2 Å². The molecule has 1 aliphatic rings. The van der Waals surface area contributed by atoms with Crippen molar-refractivity contribution in [2.75, 3.05) is 0 Å². The fraction of sp³-hybridized carbons (Fsp3) is 0.308. The SMILES string of the molecule is NC(=O)C1(Cc2cc(Br)cc3[nH]c(=O)c(=O)[nH]c23)CC1. The van der Waals surface area contributed by atoms with Crippen LogP contribution in [0.1, 0.15) is 18.4 Å². The summed E-state index contributed by atoms with van der Waals surface area (Å²) in [4.78, 5) is 39.5. The fourth-order valence-corrected chi connectivity index (χ4v) is 2.93. The van der Waals surface area contributed by atoms with Crippen LogP contribution in [0.15, 0.2) is 26.2 Å². The summed E-state index contributed by atoms with van der Waals surface area (Å²) in [5.41, 5.74) is 5.39. The van der Waals surface area contributed by atoms with Crippen molar-refractivity contribution in [3.63, 3.8) is 0 Å². The maximum absolute atomic E-state index is 11.5. The highest BCUT2D eigenvalue weighted by atomic mass is 79.9. The van der Waals surface area contributed by atoms with Crippen LogP contribution in [0.5, 0.6) is 0 Å². The Balaban J connectivity index is 2.20. The minimum absolute atomic E-state index is 0.322. The molecule has 0 aliphatic heterocycles. The lowest BCUT2D eigenvalue weighted by Gasteiger charge is -2.13. The molecule has 0 bridgehead atoms. The summed E-state index contributed by atoms with van der Waals surface area (Å²) in [6, 6.07) is 3.54. The molecule has 0 spiro atoms. The van der Waals surface area contributed by atoms with E-state index < -0.39 is 16.5 Å². The van der Waals surface area contributed by atoms with E-state index in [1.807, 2.05) is 6.07 Å². The minimum Gasteiger partial charge on any atom is -0.369 e. The number of amides is 1. The van der Waals surface area contributed by atoms with E-state index in [1.165, 1.54) is 0 Å². The van der Waals surface area contributed by atoms with Crippen LogP contribution in [0.4, 0.5) is 0 Å². The second kappa shape index (κ2) is 4.31. The van der Waals surface area contributed by atoms with E-state index in [1.54, 1.807) is 6.07 Å². The Bertz CT molecular complexity index is 833. The van der Waals surface area contributed by atoms with Gasteiger partial charge in [0.15, 0.2) is 0 Å². The molecule has 1 saturated carbocycles. The number of nitrogens with one attached hydrogen (secondary N) is 2. The van der Waals surface area contributed by atoms with E-state index in [9.17, 15) is 14.4 Å². The van der Waals surface area contributed by atoms with Gasteiger partial charge in [0.2, 0.25) is 5.91 Å². The van der Waals surface area contributed by atoms with Gasteiger partial charge in [0.1, 0.15) is 0 Å². The van der Waals surface area contributed by atoms with Gasteiger partial charge < -0.3 is 15.7 Å². The van der Waals surface area contributed by atoms with Crippen molar-refractivity contribution in [2.45, 2.75) is 19.3 Å². The molecule has 0 radical (unpaired) electrons. The highest BCUT2D eigenvalue weighted by Crippen LogP contribution is 2.48. The number of carbonyl (C=O) groups is 1. The average Bonchev–Trinajstić information content (AvgIpc) is 3.13. The molecule has 0 atom stereocenters. The molecule has 1 aliphatic carbocycles. The van der Waals surface area contributed by atoms with Crippen LogP contribution >= 0.6 is 15.9 Å². The molecule has 1 fully saturated rings. The number of nitrogens with two attached hydrogens (primary N) is 1. The Morgan fingerprint density at radius 1 is 1.25 bits per heavy atom. The molecule has 2 aromatic rings. The molecule has 20 heavy (non-hydrogen) atoms. The molecule has 3 rings (SSSR count). The van der Waals surface area contributed by atoms with Crippen molar-refractivity contribution in [3.8, 4) is 0 Å². The van der Waals surface area contributed by atoms with E-state index >= 15 is 0 Å². The Morgan fingerprint density at radius 3 is 2.50 bits per heavy atom. The molecular weight excluding hydrogens is 326 g/mol. The number of halogens is 1. The third-order valence-electron chi connectivity index (χ3n) is 3.78. The molecule has 1 amide bonds. The van der Waals surface area contributed by atoms with E-state index in [0.717, 1.165) is 22.9 Å². The average molecular weight is 338 g/mol. The van der Waals surface area contributed by atoms with Gasteiger partial charge in [0, 0.05) is 4.47 Å². The number of benzene rings is 1. The van der Waals surface area contributed by atoms with E-state index in [4.69, 9.17) is 5.73 Å². The summed E-state index contributed by atoms with van der Waals surface area (Å²) in [5, 5.41) is 0. The lowest BCUT2D eigenvalue weighted by atomic mass is 9.95. The first-order valence-corrected chi connectivity index (χ1v) is 6.95. The predicted octanol–water partition coefficient (Wildman–Crippen LogP) is 0.787. The quantitative estimate of drug-likeness (QED) is 0.720. The number of H-pyrrole nitrogens is 2. The monoisotopic (exact) mass is 337 g/mol. The highest BCUT2D eigenvalue weighted by Gasteiger charge is 2.48. The van der Waals surface area contributed by atoms with Gasteiger partial charge in [-0.3, -0.25) is 14.4 Å². The molecular formula is C13H12BrN3O3. The van der Waals surface area contributed by atoms with Crippen molar-refractivity contribution in [1.29, 1.82) is 0 Å². The smallest absolute Gasteiger partial charge is 0.314 e. The highest BCUT2D eigenvalue weighted by molar-refractivity contribution is 9.10. The van der Waals surface area contributed by atoms with Crippen molar-refractivity contribution >= 4 is 32.9 Å². The summed E-state index contributed by atoms with van der Waals surface area (Å²) in [6.07, 6.45) is 1.97. The number of carbonyl (C=O) groups excluding carboxylic acids is 1. The minimum atomic E-state index is -0.704. The topological polar surface area (TPSA) is 109 Å². The number of rotatable bonds is 3. The van der Waals surface area contributed by atoms with Crippen LogP contribution < -0.4 is 16.9 Å². The molecule has 0 saturated heterocycles. The van der Waals surface area contributed by atoms with Crippen molar-refractivity contribution < 1.29 is 4.79 Å². The molecule has 1 aromatic carbocycles. The lowest BCUT2D eigenvalue weighted by molar-refractivity contribution is -0.123. The summed E-state index contributed by atoms with van der Waals surface area (Å²) < 4.78 is 0.767. The lowest BCUT2D eigenvalue weighted by Crippen LogP contribution is -2.30. The molecule has 1 aromatic heterocycles. The van der Waals surface area contributed by atoms with Gasteiger partial charge in [-0.25, -0.2) is 0 Å². The number of aromatic nitrogens is 2. The van der Waals surface area contributed by atoms with E-state index in [-0.39, 0.29) is 5.91 Å². The molecule has 104 valence electrons. The summed E-state index contributed by atoms with van der Waals surface area (Å²) in [6.45, 7) is 0. The normalized spacial score (nSPS) is 16.2. The largest absolute Gasteiger partial charge is 0.369 e.